The summed E-state index contributed by atoms with van der Waals surface area (Å²) in [4.78, 5) is 66.9. The lowest BCUT2D eigenvalue weighted by Gasteiger charge is -2.35. The molecule has 1 aromatic heterocycles. The van der Waals surface area contributed by atoms with Crippen LogP contribution in [-0.4, -0.2) is 89.2 Å². The third-order valence-electron chi connectivity index (χ3n) is 10.8. The summed E-state index contributed by atoms with van der Waals surface area (Å²) in [5.74, 6) is -2.40. The zero-order chi connectivity index (χ0) is 39.8. The summed E-state index contributed by atoms with van der Waals surface area (Å²) in [6.45, 7) is 9.26. The van der Waals surface area contributed by atoms with Gasteiger partial charge in [0.2, 0.25) is 27.7 Å². The third-order valence-corrected chi connectivity index (χ3v) is 12.6. The summed E-state index contributed by atoms with van der Waals surface area (Å²) in [7, 11) is -3.91. The average molecular weight is 785 g/mol. The fourth-order valence-corrected chi connectivity index (χ4v) is 8.68. The van der Waals surface area contributed by atoms with Gasteiger partial charge in [0.05, 0.1) is 29.4 Å². The SMILES string of the molecule is C=C[C@@H]1C[C@]1(NC(=O)[C@@H]1C[C@@H]2CN1C(=O)[C@H](C(C)(C)C)NC(=O)OCCCC/C=C/c1cccc(c1)-c1nc3ccccc3nc1O2)C(=O)NS(=O)(=O)C1CC1. The highest BCUT2D eigenvalue weighted by molar-refractivity contribution is 7.91. The van der Waals surface area contributed by atoms with Crippen molar-refractivity contribution in [2.75, 3.05) is 13.2 Å². The van der Waals surface area contributed by atoms with E-state index in [2.05, 4.69) is 28.0 Å². The lowest BCUT2D eigenvalue weighted by Crippen LogP contribution is -2.60. The number of nitrogens with one attached hydrogen (secondary N) is 3. The standard InChI is InChI=1S/C41H48N6O8S/c1-5-27-23-41(27,38(50)46-56(52,53)29-18-19-29)45-35(48)32-22-28-24-47(32)37(49)34(40(2,3)4)44-39(51)54-20-11-7-6-8-13-25-14-12-15-26(21-25)33-36(55-28)43-31-17-10-9-16-30(31)42-33/h5,8-10,12-17,21,27-29,32,34H,1,6-7,11,18-20,22-24H2,2-4H3,(H,44,51)(H,45,48)(H,46,50)/b13-8+/t27-,28-,32+,34-,41-/m1/s1. The maximum atomic E-state index is 14.6. The molecular formula is C41H48N6O8S. The summed E-state index contributed by atoms with van der Waals surface area (Å²) < 4.78 is 39.8. The quantitative estimate of drug-likeness (QED) is 0.297. The van der Waals surface area contributed by atoms with Crippen molar-refractivity contribution in [3.8, 4) is 17.1 Å². The van der Waals surface area contributed by atoms with Crippen molar-refractivity contribution < 1.29 is 37.1 Å². The van der Waals surface area contributed by atoms with Gasteiger partial charge in [-0.3, -0.25) is 19.1 Å². The lowest BCUT2D eigenvalue weighted by molar-refractivity contribution is -0.142. The maximum Gasteiger partial charge on any atom is 0.407 e. The zero-order valence-corrected chi connectivity index (χ0v) is 32.6. The summed E-state index contributed by atoms with van der Waals surface area (Å²) in [5, 5.41) is 4.91. The molecule has 0 unspecified atom stereocenters. The second kappa shape index (κ2) is 15.3. The lowest BCUT2D eigenvalue weighted by atomic mass is 9.85. The molecule has 3 aromatic rings. The minimum atomic E-state index is -3.91. The van der Waals surface area contributed by atoms with Gasteiger partial charge < -0.3 is 25.0 Å². The molecule has 4 amide bonds. The normalized spacial score (nSPS) is 26.4. The molecule has 1 saturated heterocycles. The van der Waals surface area contributed by atoms with E-state index in [1.165, 1.54) is 11.0 Å². The van der Waals surface area contributed by atoms with Gasteiger partial charge >= 0.3 is 6.09 Å². The van der Waals surface area contributed by atoms with Crippen LogP contribution in [0.2, 0.25) is 0 Å². The molecule has 296 valence electrons. The molecule has 3 heterocycles. The largest absolute Gasteiger partial charge is 0.471 e. The van der Waals surface area contributed by atoms with Crippen LogP contribution < -0.4 is 20.1 Å². The first-order valence-corrected chi connectivity index (χ1v) is 20.7. The number of alkyl carbamates (subject to hydrolysis) is 1. The van der Waals surface area contributed by atoms with Crippen molar-refractivity contribution >= 4 is 50.9 Å². The van der Waals surface area contributed by atoms with E-state index in [9.17, 15) is 27.6 Å². The summed E-state index contributed by atoms with van der Waals surface area (Å²) in [6, 6.07) is 12.9. The number of amides is 4. The van der Waals surface area contributed by atoms with Gasteiger partial charge in [-0.15, -0.1) is 6.58 Å². The molecule has 7 rings (SSSR count). The molecule has 3 N–H and O–H groups in total. The first-order valence-electron chi connectivity index (χ1n) is 19.1. The average Bonchev–Trinajstić information content (AvgIpc) is 4.09. The van der Waals surface area contributed by atoms with Crippen LogP contribution in [0.15, 0.2) is 67.3 Å². The van der Waals surface area contributed by atoms with Crippen LogP contribution in [0.4, 0.5) is 4.79 Å². The van der Waals surface area contributed by atoms with Crippen LogP contribution in [-0.2, 0) is 29.1 Å². The van der Waals surface area contributed by atoms with Gasteiger partial charge in [0.1, 0.15) is 29.4 Å². The number of para-hydroxylation sites is 2. The molecule has 2 saturated carbocycles. The zero-order valence-electron chi connectivity index (χ0n) is 31.8. The number of hydrogen-bond acceptors (Lipinski definition) is 10. The van der Waals surface area contributed by atoms with Crippen LogP contribution >= 0.6 is 0 Å². The van der Waals surface area contributed by atoms with Crippen molar-refractivity contribution in [1.82, 2.24) is 30.2 Å². The molecule has 0 radical (unpaired) electrons. The van der Waals surface area contributed by atoms with Crippen molar-refractivity contribution in [3.05, 3.63) is 72.8 Å². The van der Waals surface area contributed by atoms with Gasteiger partial charge in [-0.2, -0.15) is 0 Å². The predicted octanol–water partition coefficient (Wildman–Crippen LogP) is 4.65. The number of carbonyl (C=O) groups is 4. The van der Waals surface area contributed by atoms with Crippen molar-refractivity contribution in [2.45, 2.75) is 94.7 Å². The number of allylic oxidation sites excluding steroid dienone is 1. The Morgan fingerprint density at radius 1 is 1.05 bits per heavy atom. The highest BCUT2D eigenvalue weighted by Gasteiger charge is 2.62. The second-order valence-corrected chi connectivity index (χ2v) is 18.1. The molecule has 5 atom stereocenters. The Hall–Kier alpha value is -5.31. The predicted molar refractivity (Wildman–Crippen MR) is 209 cm³/mol. The Bertz CT molecular complexity index is 2200. The summed E-state index contributed by atoms with van der Waals surface area (Å²) in [5.41, 5.74) is 1.04. The maximum absolute atomic E-state index is 14.6. The number of hydrogen-bond donors (Lipinski definition) is 3. The fraction of sp³-hybridized carbons (Fsp3) is 0.463. The van der Waals surface area contributed by atoms with Gasteiger partial charge in [-0.05, 0) is 67.7 Å². The number of cyclic esters (lactones) is 1. The second-order valence-electron chi connectivity index (χ2n) is 16.1. The minimum absolute atomic E-state index is 0.00751. The highest BCUT2D eigenvalue weighted by Crippen LogP contribution is 2.45. The molecule has 2 aliphatic heterocycles. The molecule has 4 aliphatic rings. The summed E-state index contributed by atoms with van der Waals surface area (Å²) >= 11 is 0. The van der Waals surface area contributed by atoms with Crippen molar-refractivity contribution in [1.29, 1.82) is 0 Å². The molecule has 4 bridgehead atoms. The molecule has 15 heteroatoms. The molecule has 2 aliphatic carbocycles. The molecule has 0 spiro atoms. The number of nitrogens with zero attached hydrogens (tertiary/aromatic N) is 3. The van der Waals surface area contributed by atoms with Crippen LogP contribution in [0, 0.1) is 11.3 Å². The van der Waals surface area contributed by atoms with Crippen LogP contribution in [0.25, 0.3) is 28.4 Å². The van der Waals surface area contributed by atoms with Crippen LogP contribution in [0.5, 0.6) is 5.88 Å². The Morgan fingerprint density at radius 3 is 2.50 bits per heavy atom. The van der Waals surface area contributed by atoms with Gasteiger partial charge in [-0.25, -0.2) is 23.2 Å². The third kappa shape index (κ3) is 8.27. The number of aromatic nitrogens is 2. The number of carbonyl (C=O) groups excluding carboxylic acids is 4. The van der Waals surface area contributed by atoms with E-state index in [4.69, 9.17) is 19.4 Å². The number of sulfonamides is 1. The Kier molecular flexibility index (Phi) is 10.7. The number of fused-ring (bicyclic) bond motifs is 7. The van der Waals surface area contributed by atoms with Gasteiger partial charge in [0, 0.05) is 17.9 Å². The van der Waals surface area contributed by atoms with E-state index in [1.54, 1.807) is 20.8 Å². The molecular weight excluding hydrogens is 737 g/mol. The van der Waals surface area contributed by atoms with E-state index in [1.807, 2.05) is 54.6 Å². The molecule has 3 fully saturated rings. The van der Waals surface area contributed by atoms with E-state index >= 15 is 0 Å². The Balaban J connectivity index is 1.26. The van der Waals surface area contributed by atoms with Gasteiger partial charge in [0.15, 0.2) is 0 Å². The highest BCUT2D eigenvalue weighted by atomic mass is 32.2. The first kappa shape index (κ1) is 38.9. The topological polar surface area (TPSA) is 186 Å². The van der Waals surface area contributed by atoms with Crippen LogP contribution in [0.3, 0.4) is 0 Å². The van der Waals surface area contributed by atoms with Crippen molar-refractivity contribution in [2.24, 2.45) is 11.3 Å². The van der Waals surface area contributed by atoms with E-state index < -0.39 is 74.1 Å². The van der Waals surface area contributed by atoms with E-state index in [-0.39, 0.29) is 31.9 Å². The number of benzene rings is 2. The Labute approximate surface area is 326 Å². The Morgan fingerprint density at radius 2 is 1.80 bits per heavy atom. The summed E-state index contributed by atoms with van der Waals surface area (Å²) in [6.07, 6.45) is 7.22. The van der Waals surface area contributed by atoms with Gasteiger partial charge in [0.25, 0.3) is 5.91 Å². The van der Waals surface area contributed by atoms with E-state index in [0.717, 1.165) is 24.0 Å². The van der Waals surface area contributed by atoms with Crippen molar-refractivity contribution in [3.63, 3.8) is 0 Å². The number of ether oxygens (including phenoxy) is 2. The monoisotopic (exact) mass is 784 g/mol. The number of rotatable bonds is 6. The first-order chi connectivity index (χ1) is 26.7. The fourth-order valence-electron chi connectivity index (χ4n) is 7.32. The molecule has 2 aromatic carbocycles. The minimum Gasteiger partial charge on any atom is -0.471 e. The van der Waals surface area contributed by atoms with Crippen LogP contribution in [0.1, 0.15) is 71.3 Å². The van der Waals surface area contributed by atoms with Gasteiger partial charge in [-0.1, -0.05) is 69.3 Å². The molecule has 14 nitrogen and oxygen atoms in total. The van der Waals surface area contributed by atoms with E-state index in [0.29, 0.717) is 36.0 Å². The molecule has 56 heavy (non-hydrogen) atoms. The smallest absolute Gasteiger partial charge is 0.407 e.